The Balaban J connectivity index is 1.82. The van der Waals surface area contributed by atoms with Gasteiger partial charge < -0.3 is 5.32 Å². The summed E-state index contributed by atoms with van der Waals surface area (Å²) in [5.41, 5.74) is 2.93. The van der Waals surface area contributed by atoms with Crippen molar-refractivity contribution in [2.45, 2.75) is 24.6 Å². The van der Waals surface area contributed by atoms with Gasteiger partial charge in [-0.25, -0.2) is 13.1 Å². The molecule has 1 aromatic heterocycles. The van der Waals surface area contributed by atoms with Gasteiger partial charge in [0.15, 0.2) is 9.84 Å². The van der Waals surface area contributed by atoms with Crippen molar-refractivity contribution in [1.82, 2.24) is 9.78 Å². The smallest absolute Gasteiger partial charge is 0.235 e. The van der Waals surface area contributed by atoms with Crippen LogP contribution < -0.4 is 5.32 Å². The molecule has 1 amide bonds. The molecule has 1 N–H and O–H groups in total. The van der Waals surface area contributed by atoms with E-state index in [-0.39, 0.29) is 28.7 Å². The number of benzene rings is 1. The first-order chi connectivity index (χ1) is 11.9. The Morgan fingerprint density at radius 1 is 1.28 bits per heavy atom. The highest BCUT2D eigenvalue weighted by Gasteiger charge is 2.36. The van der Waals surface area contributed by atoms with Crippen molar-refractivity contribution in [2.24, 2.45) is 0 Å². The molecule has 0 radical (unpaired) electrons. The monoisotopic (exact) mass is 377 g/mol. The molecule has 0 unspecified atom stereocenters. The summed E-state index contributed by atoms with van der Waals surface area (Å²) in [6.45, 7) is 1.92. The predicted molar refractivity (Wildman–Crippen MR) is 98.6 cm³/mol. The molecule has 0 bridgehead atoms. The molecule has 6 nitrogen and oxygen atoms in total. The number of fused-ring (bicyclic) bond motifs is 1. The van der Waals surface area contributed by atoms with E-state index in [1.165, 1.54) is 0 Å². The van der Waals surface area contributed by atoms with Gasteiger partial charge in [0.05, 0.1) is 34.2 Å². The quantitative estimate of drug-likeness (QED) is 0.869. The molecule has 8 heteroatoms. The zero-order valence-electron chi connectivity index (χ0n) is 13.8. The lowest BCUT2D eigenvalue weighted by molar-refractivity contribution is -0.113. The number of aromatic nitrogens is 2. The van der Waals surface area contributed by atoms with Gasteiger partial charge in [-0.3, -0.25) is 4.79 Å². The number of aryl methyl sites for hydroxylation is 1. The van der Waals surface area contributed by atoms with Crippen LogP contribution in [0.4, 0.5) is 5.82 Å². The maximum Gasteiger partial charge on any atom is 0.235 e. The average molecular weight is 377 g/mol. The number of hydrogen-bond donors (Lipinski definition) is 1. The van der Waals surface area contributed by atoms with E-state index in [1.807, 2.05) is 37.3 Å². The lowest BCUT2D eigenvalue weighted by Gasteiger charge is -2.16. The maximum absolute atomic E-state index is 12.2. The van der Waals surface area contributed by atoms with Crippen LogP contribution in [0.5, 0.6) is 0 Å². The molecular formula is C17H19N3O3S2. The number of rotatable bonds is 2. The lowest BCUT2D eigenvalue weighted by Crippen LogP contribution is -2.20. The van der Waals surface area contributed by atoms with Gasteiger partial charge in [-0.2, -0.15) is 5.10 Å². The number of carbonyl (C=O) groups is 1. The van der Waals surface area contributed by atoms with Gasteiger partial charge >= 0.3 is 0 Å². The van der Waals surface area contributed by atoms with Gasteiger partial charge in [0.1, 0.15) is 5.82 Å². The van der Waals surface area contributed by atoms with Crippen LogP contribution in [0.1, 0.15) is 34.5 Å². The molecule has 2 aromatic rings. The van der Waals surface area contributed by atoms with Gasteiger partial charge in [-0.05, 0) is 18.9 Å². The Morgan fingerprint density at radius 3 is 2.72 bits per heavy atom. The summed E-state index contributed by atoms with van der Waals surface area (Å²) in [5.74, 6) is 1.20. The van der Waals surface area contributed by atoms with Gasteiger partial charge in [0.25, 0.3) is 0 Å². The largest absolute Gasteiger partial charge is 0.310 e. The number of thioether (sulfide) groups is 1. The fourth-order valence-corrected chi connectivity index (χ4v) is 6.41. The second-order valence-corrected chi connectivity index (χ2v) is 9.82. The van der Waals surface area contributed by atoms with E-state index < -0.39 is 9.84 Å². The second-order valence-electron chi connectivity index (χ2n) is 6.50. The molecule has 25 heavy (non-hydrogen) atoms. The third-order valence-electron chi connectivity index (χ3n) is 4.69. The molecule has 2 atom stereocenters. The third-order valence-corrected chi connectivity index (χ3v) is 7.71. The van der Waals surface area contributed by atoms with Gasteiger partial charge in [0, 0.05) is 5.56 Å². The fraction of sp³-hybridized carbons (Fsp3) is 0.412. The molecule has 4 rings (SSSR count). The minimum absolute atomic E-state index is 0.00177. The molecule has 2 aliphatic rings. The van der Waals surface area contributed by atoms with Gasteiger partial charge in [-0.1, -0.05) is 30.3 Å². The van der Waals surface area contributed by atoms with Gasteiger partial charge in [-0.15, -0.1) is 11.8 Å². The van der Waals surface area contributed by atoms with Gasteiger partial charge in [0.2, 0.25) is 5.91 Å². The summed E-state index contributed by atoms with van der Waals surface area (Å²) in [6, 6.07) is 9.82. The van der Waals surface area contributed by atoms with E-state index in [1.54, 1.807) is 16.4 Å². The molecular weight excluding hydrogens is 358 g/mol. The van der Waals surface area contributed by atoms with Crippen molar-refractivity contribution in [3.63, 3.8) is 0 Å². The standard InChI is InChI=1S/C17H19N3O3S2/c1-11-15-16(12-5-3-2-4-6-12)24-9-14(21)18-17(15)20(19-11)13-7-8-25(22,23)10-13/h2-6,13,16H,7-10H2,1H3,(H,18,21)/t13-,16-/m0/s1. The lowest BCUT2D eigenvalue weighted by atomic mass is 10.0. The number of nitrogens with one attached hydrogen (secondary N) is 1. The van der Waals surface area contributed by atoms with Crippen LogP contribution in [0.25, 0.3) is 0 Å². The molecule has 3 heterocycles. The van der Waals surface area contributed by atoms with Crippen molar-refractivity contribution in [3.05, 3.63) is 47.2 Å². The first kappa shape index (κ1) is 16.7. The van der Waals surface area contributed by atoms with Crippen LogP contribution in [-0.4, -0.2) is 41.4 Å². The predicted octanol–water partition coefficient (Wildman–Crippen LogP) is 2.33. The van der Waals surface area contributed by atoms with E-state index in [2.05, 4.69) is 10.4 Å². The van der Waals surface area contributed by atoms with Crippen LogP contribution in [0.15, 0.2) is 30.3 Å². The highest BCUT2D eigenvalue weighted by atomic mass is 32.2. The zero-order valence-corrected chi connectivity index (χ0v) is 15.4. The minimum atomic E-state index is -3.03. The molecule has 0 saturated carbocycles. The second kappa shape index (κ2) is 6.17. The van der Waals surface area contributed by atoms with Crippen molar-refractivity contribution < 1.29 is 13.2 Å². The zero-order chi connectivity index (χ0) is 17.6. The van der Waals surface area contributed by atoms with E-state index in [9.17, 15) is 13.2 Å². The van der Waals surface area contributed by atoms with E-state index in [0.717, 1.165) is 16.8 Å². The third kappa shape index (κ3) is 3.08. The Bertz CT molecular complexity index is 922. The summed E-state index contributed by atoms with van der Waals surface area (Å²) >= 11 is 1.57. The molecule has 1 saturated heterocycles. The summed E-state index contributed by atoms with van der Waals surface area (Å²) < 4.78 is 25.5. The average Bonchev–Trinajstić information content (AvgIpc) is 3.03. The van der Waals surface area contributed by atoms with E-state index in [4.69, 9.17) is 0 Å². The minimum Gasteiger partial charge on any atom is -0.310 e. The van der Waals surface area contributed by atoms with Crippen LogP contribution in [-0.2, 0) is 14.6 Å². The summed E-state index contributed by atoms with van der Waals surface area (Å²) in [5, 5.41) is 7.58. The van der Waals surface area contributed by atoms with Crippen LogP contribution in [0, 0.1) is 6.92 Å². The Morgan fingerprint density at radius 2 is 2.04 bits per heavy atom. The van der Waals surface area contributed by atoms with E-state index >= 15 is 0 Å². The topological polar surface area (TPSA) is 81.1 Å². The number of nitrogens with zero attached hydrogens (tertiary/aromatic N) is 2. The molecule has 2 aliphatic heterocycles. The number of anilines is 1. The van der Waals surface area contributed by atoms with Crippen LogP contribution >= 0.6 is 11.8 Å². The van der Waals surface area contributed by atoms with Crippen molar-refractivity contribution in [2.75, 3.05) is 22.6 Å². The highest BCUT2D eigenvalue weighted by molar-refractivity contribution is 8.00. The summed E-state index contributed by atoms with van der Waals surface area (Å²) in [4.78, 5) is 12.2. The molecule has 0 spiro atoms. The Kier molecular flexibility index (Phi) is 4.11. The number of hydrogen-bond acceptors (Lipinski definition) is 5. The number of amides is 1. The van der Waals surface area contributed by atoms with Crippen molar-refractivity contribution in [3.8, 4) is 0 Å². The highest BCUT2D eigenvalue weighted by Crippen LogP contribution is 2.44. The van der Waals surface area contributed by atoms with Crippen LogP contribution in [0.3, 0.4) is 0 Å². The molecule has 1 fully saturated rings. The van der Waals surface area contributed by atoms with E-state index in [0.29, 0.717) is 18.0 Å². The maximum atomic E-state index is 12.2. The Hall–Kier alpha value is -1.80. The molecule has 132 valence electrons. The molecule has 0 aliphatic carbocycles. The Labute approximate surface area is 150 Å². The molecule has 1 aromatic carbocycles. The van der Waals surface area contributed by atoms with Crippen molar-refractivity contribution in [1.29, 1.82) is 0 Å². The number of sulfone groups is 1. The van der Waals surface area contributed by atoms with Crippen LogP contribution in [0.2, 0.25) is 0 Å². The first-order valence-corrected chi connectivity index (χ1v) is 11.1. The van der Waals surface area contributed by atoms with Crippen molar-refractivity contribution >= 4 is 33.3 Å². The normalized spacial score (nSPS) is 25.2. The summed E-state index contributed by atoms with van der Waals surface area (Å²) in [6.07, 6.45) is 0.537. The summed E-state index contributed by atoms with van der Waals surface area (Å²) in [7, 11) is -3.03. The first-order valence-electron chi connectivity index (χ1n) is 8.20. The fourth-order valence-electron chi connectivity index (χ4n) is 3.53. The SMILES string of the molecule is Cc1nn([C@H]2CCS(=O)(=O)C2)c2c1[C@H](c1ccccc1)SCC(=O)N2. The number of carbonyl (C=O) groups excluding carboxylic acids is 1.